The maximum Gasteiger partial charge on any atom is 0.310 e. The van der Waals surface area contributed by atoms with Crippen LogP contribution in [0.5, 0.6) is 11.5 Å². The molecule has 2 aromatic carbocycles. The predicted octanol–water partition coefficient (Wildman–Crippen LogP) is 6.74. The molecule has 0 aliphatic carbocycles. The van der Waals surface area contributed by atoms with Crippen molar-refractivity contribution in [3.8, 4) is 11.5 Å². The van der Waals surface area contributed by atoms with Crippen molar-refractivity contribution < 1.29 is 19.7 Å². The Morgan fingerprint density at radius 2 is 2.09 bits per heavy atom. The number of nitroso groups, excluding NO2 is 1. The summed E-state index contributed by atoms with van der Waals surface area (Å²) in [6, 6.07) is 8.16. The van der Waals surface area contributed by atoms with Crippen LogP contribution in [0.15, 0.2) is 53.1 Å². The van der Waals surface area contributed by atoms with Crippen LogP contribution in [0.1, 0.15) is 55.3 Å². The number of hydrogen-bond donors (Lipinski definition) is 2. The van der Waals surface area contributed by atoms with Gasteiger partial charge in [-0.3, -0.25) is 4.79 Å². The Labute approximate surface area is 197 Å². The van der Waals surface area contributed by atoms with Crippen LogP contribution in [-0.2, 0) is 11.2 Å². The van der Waals surface area contributed by atoms with Crippen LogP contribution in [-0.4, -0.2) is 28.5 Å². The maximum atomic E-state index is 11.1. The Bertz CT molecular complexity index is 966. The van der Waals surface area contributed by atoms with Crippen LogP contribution in [0.3, 0.4) is 0 Å². The number of nitrogens with zero attached hydrogens (tertiary/aromatic N) is 1. The molecule has 32 heavy (non-hydrogen) atoms. The van der Waals surface area contributed by atoms with Gasteiger partial charge in [-0.05, 0) is 56.0 Å². The molecule has 0 aromatic heterocycles. The number of halogens is 1. The molecule has 0 aliphatic rings. The third-order valence-electron chi connectivity index (χ3n) is 5.12. The summed E-state index contributed by atoms with van der Waals surface area (Å²) in [7, 11) is 0. The van der Waals surface area contributed by atoms with Gasteiger partial charge < -0.3 is 14.9 Å². The predicted molar refractivity (Wildman–Crippen MR) is 129 cm³/mol. The van der Waals surface area contributed by atoms with Gasteiger partial charge in [-0.15, -0.1) is 18.3 Å². The van der Waals surface area contributed by atoms with E-state index in [0.717, 1.165) is 17.1 Å². The first kappa shape index (κ1) is 25.7. The number of rotatable bonds is 13. The van der Waals surface area contributed by atoms with Crippen LogP contribution in [0.4, 0.5) is 0 Å². The summed E-state index contributed by atoms with van der Waals surface area (Å²) >= 11 is 7.88. The first-order chi connectivity index (χ1) is 15.3. The minimum Gasteiger partial charge on any atom is -0.507 e. The standard InChI is InChI=1S/C24H28ClNO5S/c1-4-7-18-21(10-9-17(23(18)27)20(5-2)26-30)31-12-6-13-32-22-11-8-16(14-19(22)25)15(3)24(28)29/h4,8-11,14-15,20,27H,1,5-7,12-13H2,2-3H3,(H,28,29). The largest absolute Gasteiger partial charge is 0.507 e. The molecular formula is C24H28ClNO5S. The molecule has 0 aliphatic heterocycles. The van der Waals surface area contributed by atoms with Crippen molar-refractivity contribution in [3.05, 3.63) is 69.6 Å². The SMILES string of the molecule is C=CCc1c(OCCCSc2ccc(C(C)C(=O)O)cc2Cl)ccc(C(CC)N=O)c1O. The normalized spacial score (nSPS) is 12.7. The Balaban J connectivity index is 1.96. The van der Waals surface area contributed by atoms with E-state index in [4.69, 9.17) is 21.4 Å². The number of carboxylic acid groups (broad SMARTS) is 1. The molecule has 2 rings (SSSR count). The van der Waals surface area contributed by atoms with Gasteiger partial charge in [-0.1, -0.05) is 35.8 Å². The molecule has 2 atom stereocenters. The monoisotopic (exact) mass is 477 g/mol. The molecule has 2 N–H and O–H groups in total. The van der Waals surface area contributed by atoms with Crippen molar-refractivity contribution in [2.75, 3.05) is 12.4 Å². The third-order valence-corrected chi connectivity index (χ3v) is 6.71. The topological polar surface area (TPSA) is 96.2 Å². The number of aliphatic carboxylic acids is 1. The van der Waals surface area contributed by atoms with E-state index in [2.05, 4.69) is 11.8 Å². The molecule has 2 aromatic rings. The van der Waals surface area contributed by atoms with Gasteiger partial charge in [0.05, 0.1) is 17.5 Å². The van der Waals surface area contributed by atoms with E-state index in [-0.39, 0.29) is 5.75 Å². The summed E-state index contributed by atoms with van der Waals surface area (Å²) in [4.78, 5) is 23.1. The zero-order valence-electron chi connectivity index (χ0n) is 18.2. The third kappa shape index (κ3) is 6.50. The van der Waals surface area contributed by atoms with Crippen LogP contribution < -0.4 is 4.74 Å². The highest BCUT2D eigenvalue weighted by molar-refractivity contribution is 7.99. The lowest BCUT2D eigenvalue weighted by molar-refractivity contribution is -0.138. The molecule has 0 fully saturated rings. The Hall–Kier alpha value is -2.51. The molecule has 0 bridgehead atoms. The lowest BCUT2D eigenvalue weighted by Crippen LogP contribution is -2.07. The van der Waals surface area contributed by atoms with Gasteiger partial charge in [-0.25, -0.2) is 0 Å². The maximum absolute atomic E-state index is 11.1. The Morgan fingerprint density at radius 1 is 1.34 bits per heavy atom. The fourth-order valence-electron chi connectivity index (χ4n) is 3.20. The van der Waals surface area contributed by atoms with Crippen molar-refractivity contribution in [1.29, 1.82) is 0 Å². The van der Waals surface area contributed by atoms with Gasteiger partial charge in [0.2, 0.25) is 0 Å². The summed E-state index contributed by atoms with van der Waals surface area (Å²) in [6.07, 6.45) is 3.32. The smallest absolute Gasteiger partial charge is 0.310 e. The van der Waals surface area contributed by atoms with Crippen molar-refractivity contribution in [2.45, 2.75) is 50.0 Å². The van der Waals surface area contributed by atoms with Gasteiger partial charge in [0.25, 0.3) is 0 Å². The number of hydrogen-bond acceptors (Lipinski definition) is 6. The number of carboxylic acids is 1. The summed E-state index contributed by atoms with van der Waals surface area (Å²) in [5, 5.41) is 23.4. The van der Waals surface area contributed by atoms with Crippen molar-refractivity contribution >= 4 is 29.3 Å². The van der Waals surface area contributed by atoms with E-state index < -0.39 is 17.9 Å². The van der Waals surface area contributed by atoms with Crippen LogP contribution >= 0.6 is 23.4 Å². The molecule has 172 valence electrons. The summed E-state index contributed by atoms with van der Waals surface area (Å²) in [5.41, 5.74) is 1.76. The van der Waals surface area contributed by atoms with Crippen molar-refractivity contribution in [1.82, 2.24) is 0 Å². The van der Waals surface area contributed by atoms with E-state index in [1.165, 1.54) is 0 Å². The highest BCUT2D eigenvalue weighted by atomic mass is 35.5. The molecule has 0 saturated heterocycles. The highest BCUT2D eigenvalue weighted by Gasteiger charge is 2.19. The Kier molecular flexibility index (Phi) is 10.1. The van der Waals surface area contributed by atoms with Gasteiger partial charge >= 0.3 is 5.97 Å². The summed E-state index contributed by atoms with van der Waals surface area (Å²) in [6.45, 7) is 7.63. The number of ether oxygens (including phenoxy) is 1. The van der Waals surface area contributed by atoms with Gasteiger partial charge in [-0.2, -0.15) is 4.91 Å². The minimum atomic E-state index is -0.888. The first-order valence-electron chi connectivity index (χ1n) is 10.4. The number of phenolic OH excluding ortho intramolecular Hbond substituents is 1. The van der Waals surface area contributed by atoms with Gasteiger partial charge in [0.1, 0.15) is 17.5 Å². The number of benzene rings is 2. The first-order valence-corrected chi connectivity index (χ1v) is 11.8. The number of carbonyl (C=O) groups is 1. The van der Waals surface area contributed by atoms with Crippen LogP contribution in [0.2, 0.25) is 5.02 Å². The molecule has 2 unspecified atom stereocenters. The summed E-state index contributed by atoms with van der Waals surface area (Å²) < 4.78 is 5.89. The zero-order valence-corrected chi connectivity index (χ0v) is 19.8. The fourth-order valence-corrected chi connectivity index (χ4v) is 4.40. The molecule has 8 heteroatoms. The molecule has 6 nitrogen and oxygen atoms in total. The molecule has 0 spiro atoms. The number of allylic oxidation sites excluding steroid dienone is 1. The molecule has 0 amide bonds. The quantitative estimate of drug-likeness (QED) is 0.143. The van der Waals surface area contributed by atoms with E-state index >= 15 is 0 Å². The second-order valence-electron chi connectivity index (χ2n) is 7.30. The van der Waals surface area contributed by atoms with E-state index in [9.17, 15) is 14.8 Å². The van der Waals surface area contributed by atoms with Crippen molar-refractivity contribution in [3.63, 3.8) is 0 Å². The van der Waals surface area contributed by atoms with Gasteiger partial charge in [0.15, 0.2) is 0 Å². The van der Waals surface area contributed by atoms with Gasteiger partial charge in [0, 0.05) is 21.8 Å². The molecule has 0 saturated carbocycles. The number of aromatic hydroxyl groups is 1. The van der Waals surface area contributed by atoms with Crippen molar-refractivity contribution in [2.24, 2.45) is 5.18 Å². The average Bonchev–Trinajstić information content (AvgIpc) is 2.78. The summed E-state index contributed by atoms with van der Waals surface area (Å²) in [5.74, 6) is -0.155. The molecule has 0 radical (unpaired) electrons. The van der Waals surface area contributed by atoms with E-state index in [1.54, 1.807) is 49.0 Å². The number of thioether (sulfide) groups is 1. The lowest BCUT2D eigenvalue weighted by atomic mass is 9.98. The minimum absolute atomic E-state index is 0.0330. The second kappa shape index (κ2) is 12.5. The second-order valence-corrected chi connectivity index (χ2v) is 8.85. The van der Waals surface area contributed by atoms with Crippen LogP contribution in [0, 0.1) is 4.91 Å². The number of phenols is 1. The Morgan fingerprint density at radius 3 is 2.69 bits per heavy atom. The average molecular weight is 478 g/mol. The fraction of sp³-hybridized carbons (Fsp3) is 0.375. The van der Waals surface area contributed by atoms with E-state index in [1.807, 2.05) is 13.0 Å². The molecule has 0 heterocycles. The molecular weight excluding hydrogens is 450 g/mol. The van der Waals surface area contributed by atoms with E-state index in [0.29, 0.717) is 46.9 Å². The zero-order chi connectivity index (χ0) is 23.7. The lowest BCUT2D eigenvalue weighted by Gasteiger charge is -2.17. The van der Waals surface area contributed by atoms with Crippen LogP contribution in [0.25, 0.3) is 0 Å². The highest BCUT2D eigenvalue weighted by Crippen LogP contribution is 2.38.